The number of halogens is 1. The second kappa shape index (κ2) is 8.49. The van der Waals surface area contributed by atoms with Crippen LogP contribution in [0.25, 0.3) is 0 Å². The van der Waals surface area contributed by atoms with Crippen LogP contribution in [0.5, 0.6) is 0 Å². The molecule has 3 rings (SSSR count). The molecule has 2 aliphatic rings. The first kappa shape index (κ1) is 18.6. The molecule has 1 aromatic rings. The number of aryl methyl sites for hydroxylation is 1. The van der Waals surface area contributed by atoms with Gasteiger partial charge in [-0.15, -0.1) is 0 Å². The molecular formula is C19H27FN4O2. The molecule has 0 spiro atoms. The number of nitrogens with one attached hydrogen (secondary N) is 3. The fourth-order valence-electron chi connectivity index (χ4n) is 3.61. The van der Waals surface area contributed by atoms with Gasteiger partial charge in [-0.2, -0.15) is 0 Å². The molecule has 2 aliphatic heterocycles. The molecule has 142 valence electrons. The van der Waals surface area contributed by atoms with Crippen LogP contribution >= 0.6 is 0 Å². The maximum absolute atomic E-state index is 13.9. The minimum atomic E-state index is -0.428. The first-order valence-corrected chi connectivity index (χ1v) is 9.36. The van der Waals surface area contributed by atoms with Gasteiger partial charge in [0.15, 0.2) is 0 Å². The fourth-order valence-corrected chi connectivity index (χ4v) is 3.61. The quantitative estimate of drug-likeness (QED) is 0.769. The van der Waals surface area contributed by atoms with Crippen molar-refractivity contribution in [1.82, 2.24) is 15.5 Å². The van der Waals surface area contributed by atoms with E-state index in [0.29, 0.717) is 19.6 Å². The zero-order valence-corrected chi connectivity index (χ0v) is 15.2. The second-order valence-electron chi connectivity index (χ2n) is 7.26. The summed E-state index contributed by atoms with van der Waals surface area (Å²) in [5, 5.41) is 8.84. The summed E-state index contributed by atoms with van der Waals surface area (Å²) in [6.07, 6.45) is 3.77. The smallest absolute Gasteiger partial charge is 0.321 e. The number of hydrogen-bond donors (Lipinski definition) is 3. The van der Waals surface area contributed by atoms with Crippen molar-refractivity contribution in [2.45, 2.75) is 38.6 Å². The number of piperidine rings is 1. The number of carbonyl (C=O) groups is 2. The summed E-state index contributed by atoms with van der Waals surface area (Å²) in [6, 6.07) is 4.38. The van der Waals surface area contributed by atoms with Crippen molar-refractivity contribution < 1.29 is 14.0 Å². The normalized spacial score (nSPS) is 22.9. The van der Waals surface area contributed by atoms with E-state index in [-0.39, 0.29) is 29.6 Å². The third-order valence-electron chi connectivity index (χ3n) is 5.11. The van der Waals surface area contributed by atoms with Crippen molar-refractivity contribution in [3.63, 3.8) is 0 Å². The number of benzene rings is 1. The summed E-state index contributed by atoms with van der Waals surface area (Å²) in [6.45, 7) is 4.48. The monoisotopic (exact) mass is 362 g/mol. The maximum Gasteiger partial charge on any atom is 0.321 e. The van der Waals surface area contributed by atoms with E-state index in [9.17, 15) is 14.0 Å². The first-order valence-electron chi connectivity index (χ1n) is 9.36. The van der Waals surface area contributed by atoms with Gasteiger partial charge in [0.1, 0.15) is 5.82 Å². The third-order valence-corrected chi connectivity index (χ3v) is 5.11. The molecule has 0 radical (unpaired) electrons. The zero-order valence-electron chi connectivity index (χ0n) is 15.2. The van der Waals surface area contributed by atoms with Crippen LogP contribution in [0.15, 0.2) is 18.2 Å². The number of rotatable bonds is 4. The molecule has 0 aromatic heterocycles. The highest BCUT2D eigenvalue weighted by Gasteiger charge is 2.26. The van der Waals surface area contributed by atoms with Crippen molar-refractivity contribution >= 4 is 17.6 Å². The summed E-state index contributed by atoms with van der Waals surface area (Å²) in [5.74, 6) is -0.156. The van der Waals surface area contributed by atoms with Crippen LogP contribution in [-0.4, -0.2) is 49.1 Å². The molecule has 0 aliphatic carbocycles. The van der Waals surface area contributed by atoms with Gasteiger partial charge in [-0.05, 0) is 62.8 Å². The number of carbonyl (C=O) groups excluding carboxylic acids is 2. The van der Waals surface area contributed by atoms with Crippen LogP contribution in [0, 0.1) is 18.7 Å². The van der Waals surface area contributed by atoms with Crippen LogP contribution in [0.1, 0.15) is 31.2 Å². The van der Waals surface area contributed by atoms with Gasteiger partial charge >= 0.3 is 6.03 Å². The molecule has 0 bridgehead atoms. The topological polar surface area (TPSA) is 73.5 Å². The number of likely N-dealkylation sites (tertiary alicyclic amines) is 1. The molecular weight excluding hydrogens is 335 g/mol. The summed E-state index contributed by atoms with van der Waals surface area (Å²) in [4.78, 5) is 26.3. The molecule has 2 saturated heterocycles. The molecule has 2 heterocycles. The minimum Gasteiger partial charge on any atom is -0.354 e. The number of nitrogens with zero attached hydrogens (tertiary/aromatic N) is 1. The summed E-state index contributed by atoms with van der Waals surface area (Å²) >= 11 is 0. The van der Waals surface area contributed by atoms with Crippen molar-refractivity contribution in [3.05, 3.63) is 29.6 Å². The van der Waals surface area contributed by atoms with Gasteiger partial charge in [0.25, 0.3) is 0 Å². The molecule has 2 atom stereocenters. The highest BCUT2D eigenvalue weighted by molar-refractivity contribution is 5.89. The van der Waals surface area contributed by atoms with Crippen molar-refractivity contribution in [2.75, 3.05) is 31.5 Å². The van der Waals surface area contributed by atoms with Crippen LogP contribution in [-0.2, 0) is 4.79 Å². The molecule has 26 heavy (non-hydrogen) atoms. The van der Waals surface area contributed by atoms with Gasteiger partial charge in [-0.25, -0.2) is 9.18 Å². The Morgan fingerprint density at radius 1 is 1.31 bits per heavy atom. The van der Waals surface area contributed by atoms with E-state index >= 15 is 0 Å². The maximum atomic E-state index is 13.9. The fraction of sp³-hybridized carbons (Fsp3) is 0.579. The Bertz CT molecular complexity index is 661. The van der Waals surface area contributed by atoms with Gasteiger partial charge < -0.3 is 20.9 Å². The number of urea groups is 1. The number of amides is 3. The lowest BCUT2D eigenvalue weighted by atomic mass is 9.98. The van der Waals surface area contributed by atoms with Gasteiger partial charge in [0.2, 0.25) is 5.91 Å². The van der Waals surface area contributed by atoms with E-state index in [2.05, 4.69) is 16.0 Å². The molecule has 2 fully saturated rings. The third kappa shape index (κ3) is 4.72. The second-order valence-corrected chi connectivity index (χ2v) is 7.26. The van der Waals surface area contributed by atoms with Gasteiger partial charge in [0, 0.05) is 19.6 Å². The number of hydrogen-bond acceptors (Lipinski definition) is 3. The Labute approximate surface area is 153 Å². The van der Waals surface area contributed by atoms with Crippen molar-refractivity contribution in [3.8, 4) is 0 Å². The Kier molecular flexibility index (Phi) is 6.08. The SMILES string of the molecule is Cc1ccc(NC(=O)N2CCCC(CNC(=O)C3CCCN3)C2)c(F)c1. The lowest BCUT2D eigenvalue weighted by molar-refractivity contribution is -0.123. The van der Waals surface area contributed by atoms with Crippen molar-refractivity contribution in [1.29, 1.82) is 0 Å². The Balaban J connectivity index is 1.49. The highest BCUT2D eigenvalue weighted by atomic mass is 19.1. The molecule has 6 nitrogen and oxygen atoms in total. The van der Waals surface area contributed by atoms with Gasteiger partial charge in [-0.1, -0.05) is 6.07 Å². The van der Waals surface area contributed by atoms with Gasteiger partial charge in [0.05, 0.1) is 11.7 Å². The van der Waals surface area contributed by atoms with Gasteiger partial charge in [-0.3, -0.25) is 4.79 Å². The minimum absolute atomic E-state index is 0.0470. The van der Waals surface area contributed by atoms with Crippen LogP contribution in [0.3, 0.4) is 0 Å². The Morgan fingerprint density at radius 3 is 2.88 bits per heavy atom. The van der Waals surface area contributed by atoms with E-state index in [0.717, 1.165) is 37.8 Å². The molecule has 3 N–H and O–H groups in total. The predicted molar refractivity (Wildman–Crippen MR) is 98.5 cm³/mol. The van der Waals surface area contributed by atoms with Crippen LogP contribution < -0.4 is 16.0 Å². The van der Waals surface area contributed by atoms with E-state index in [1.54, 1.807) is 24.0 Å². The Hall–Kier alpha value is -2.15. The number of anilines is 1. The molecule has 1 aromatic carbocycles. The molecule has 7 heteroatoms. The average molecular weight is 362 g/mol. The van der Waals surface area contributed by atoms with E-state index in [1.807, 2.05) is 0 Å². The molecule has 3 amide bonds. The lowest BCUT2D eigenvalue weighted by Crippen LogP contribution is -2.47. The molecule has 2 unspecified atom stereocenters. The zero-order chi connectivity index (χ0) is 18.5. The van der Waals surface area contributed by atoms with E-state index in [1.165, 1.54) is 6.07 Å². The first-order chi connectivity index (χ1) is 12.5. The molecule has 0 saturated carbocycles. The highest BCUT2D eigenvalue weighted by Crippen LogP contribution is 2.19. The largest absolute Gasteiger partial charge is 0.354 e. The lowest BCUT2D eigenvalue weighted by Gasteiger charge is -2.33. The Morgan fingerprint density at radius 2 is 2.15 bits per heavy atom. The standard InChI is InChI=1S/C19H27FN4O2/c1-13-6-7-16(15(20)10-13)23-19(26)24-9-3-4-14(12-24)11-22-18(25)17-5-2-8-21-17/h6-7,10,14,17,21H,2-5,8-9,11-12H2,1H3,(H,22,25)(H,23,26). The van der Waals surface area contributed by atoms with Crippen LogP contribution in [0.4, 0.5) is 14.9 Å². The predicted octanol–water partition coefficient (Wildman–Crippen LogP) is 2.25. The van der Waals surface area contributed by atoms with Crippen molar-refractivity contribution in [2.24, 2.45) is 5.92 Å². The van der Waals surface area contributed by atoms with E-state index in [4.69, 9.17) is 0 Å². The average Bonchev–Trinajstić information content (AvgIpc) is 3.17. The van der Waals surface area contributed by atoms with E-state index < -0.39 is 5.82 Å². The van der Waals surface area contributed by atoms with Crippen LogP contribution in [0.2, 0.25) is 0 Å². The summed E-state index contributed by atoms with van der Waals surface area (Å²) in [5.41, 5.74) is 1.01. The summed E-state index contributed by atoms with van der Waals surface area (Å²) < 4.78 is 13.9. The summed E-state index contributed by atoms with van der Waals surface area (Å²) in [7, 11) is 0.